The molecule has 1 amide bonds. The average molecular weight is 269 g/mol. The van der Waals surface area contributed by atoms with Gasteiger partial charge in [0.2, 0.25) is 5.91 Å². The van der Waals surface area contributed by atoms with Crippen LogP contribution in [0.5, 0.6) is 5.75 Å². The Hall–Kier alpha value is -2.29. The molecule has 3 heteroatoms. The van der Waals surface area contributed by atoms with Crippen molar-refractivity contribution in [2.45, 2.75) is 12.8 Å². The number of nitrogens with one attached hydrogen (secondary N) is 1. The lowest BCUT2D eigenvalue weighted by atomic mass is 10.1. The molecule has 0 fully saturated rings. The van der Waals surface area contributed by atoms with E-state index in [9.17, 15) is 4.79 Å². The minimum atomic E-state index is 0.0547. The third-order valence-corrected chi connectivity index (χ3v) is 3.08. The van der Waals surface area contributed by atoms with Crippen molar-refractivity contribution in [1.29, 1.82) is 0 Å². The van der Waals surface area contributed by atoms with E-state index in [0.717, 1.165) is 23.3 Å². The third kappa shape index (κ3) is 4.43. The molecule has 1 N–H and O–H groups in total. The lowest BCUT2D eigenvalue weighted by molar-refractivity contribution is -0.120. The van der Waals surface area contributed by atoms with E-state index in [1.54, 1.807) is 7.11 Å². The van der Waals surface area contributed by atoms with Crippen LogP contribution < -0.4 is 10.1 Å². The lowest BCUT2D eigenvalue weighted by Gasteiger charge is -2.07. The van der Waals surface area contributed by atoms with Gasteiger partial charge in [0, 0.05) is 6.54 Å². The maximum atomic E-state index is 11.8. The minimum Gasteiger partial charge on any atom is -0.497 e. The monoisotopic (exact) mass is 269 g/mol. The molecule has 0 bridgehead atoms. The Labute approximate surface area is 119 Å². The molecule has 0 atom stereocenters. The maximum Gasteiger partial charge on any atom is 0.224 e. The number of rotatable bonds is 6. The number of carbonyl (C=O) groups is 1. The van der Waals surface area contributed by atoms with Gasteiger partial charge >= 0.3 is 0 Å². The number of carbonyl (C=O) groups excluding carboxylic acids is 1. The van der Waals surface area contributed by atoms with Crippen LogP contribution in [0.3, 0.4) is 0 Å². The summed E-state index contributed by atoms with van der Waals surface area (Å²) in [5, 5.41) is 2.94. The van der Waals surface area contributed by atoms with E-state index < -0.39 is 0 Å². The molecular weight excluding hydrogens is 250 g/mol. The Morgan fingerprint density at radius 1 is 1.05 bits per heavy atom. The van der Waals surface area contributed by atoms with E-state index in [1.807, 2.05) is 54.6 Å². The second-order valence-corrected chi connectivity index (χ2v) is 4.61. The summed E-state index contributed by atoms with van der Waals surface area (Å²) in [7, 11) is 1.65. The van der Waals surface area contributed by atoms with E-state index in [4.69, 9.17) is 4.74 Å². The summed E-state index contributed by atoms with van der Waals surface area (Å²) in [6, 6.07) is 17.7. The van der Waals surface area contributed by atoms with E-state index >= 15 is 0 Å². The van der Waals surface area contributed by atoms with Crippen molar-refractivity contribution in [3.05, 3.63) is 65.7 Å². The van der Waals surface area contributed by atoms with Gasteiger partial charge in [0.05, 0.1) is 13.5 Å². The zero-order valence-electron chi connectivity index (χ0n) is 11.6. The quantitative estimate of drug-likeness (QED) is 0.875. The van der Waals surface area contributed by atoms with Gasteiger partial charge in [0.15, 0.2) is 0 Å². The van der Waals surface area contributed by atoms with Gasteiger partial charge in [-0.15, -0.1) is 0 Å². The van der Waals surface area contributed by atoms with Gasteiger partial charge < -0.3 is 10.1 Å². The second kappa shape index (κ2) is 7.34. The third-order valence-electron chi connectivity index (χ3n) is 3.08. The van der Waals surface area contributed by atoms with Crippen molar-refractivity contribution in [2.75, 3.05) is 13.7 Å². The van der Waals surface area contributed by atoms with Crippen LogP contribution in [0.1, 0.15) is 11.1 Å². The zero-order valence-corrected chi connectivity index (χ0v) is 11.6. The first-order chi connectivity index (χ1) is 9.78. The molecule has 0 aliphatic heterocycles. The Morgan fingerprint density at radius 2 is 1.80 bits per heavy atom. The van der Waals surface area contributed by atoms with Crippen LogP contribution in [-0.2, 0) is 17.6 Å². The smallest absolute Gasteiger partial charge is 0.224 e. The summed E-state index contributed by atoms with van der Waals surface area (Å²) in [6.07, 6.45) is 1.23. The summed E-state index contributed by atoms with van der Waals surface area (Å²) in [6.45, 7) is 0.638. The number of hydrogen-bond acceptors (Lipinski definition) is 2. The molecule has 2 aromatic rings. The molecule has 20 heavy (non-hydrogen) atoms. The Morgan fingerprint density at radius 3 is 2.55 bits per heavy atom. The lowest BCUT2D eigenvalue weighted by Crippen LogP contribution is -2.27. The first-order valence-electron chi connectivity index (χ1n) is 6.71. The topological polar surface area (TPSA) is 38.3 Å². The molecule has 0 aliphatic carbocycles. The molecule has 0 saturated carbocycles. The van der Waals surface area contributed by atoms with Gasteiger partial charge in [-0.3, -0.25) is 4.79 Å². The number of methoxy groups -OCH3 is 1. The van der Waals surface area contributed by atoms with Crippen LogP contribution in [0.2, 0.25) is 0 Å². The van der Waals surface area contributed by atoms with Crippen LogP contribution in [-0.4, -0.2) is 19.6 Å². The van der Waals surface area contributed by atoms with E-state index in [0.29, 0.717) is 13.0 Å². The molecule has 0 aliphatic rings. The van der Waals surface area contributed by atoms with Crippen molar-refractivity contribution in [2.24, 2.45) is 0 Å². The van der Waals surface area contributed by atoms with Gasteiger partial charge in [-0.2, -0.15) is 0 Å². The largest absolute Gasteiger partial charge is 0.497 e. The fourth-order valence-electron chi connectivity index (χ4n) is 2.02. The average Bonchev–Trinajstić information content (AvgIpc) is 2.48. The van der Waals surface area contributed by atoms with Crippen LogP contribution in [0.25, 0.3) is 0 Å². The highest BCUT2D eigenvalue weighted by Crippen LogP contribution is 2.12. The molecule has 0 radical (unpaired) electrons. The highest BCUT2D eigenvalue weighted by atomic mass is 16.5. The molecule has 3 nitrogen and oxygen atoms in total. The number of benzene rings is 2. The first-order valence-corrected chi connectivity index (χ1v) is 6.71. The fraction of sp³-hybridized carbons (Fsp3) is 0.235. The van der Waals surface area contributed by atoms with Gasteiger partial charge in [0.25, 0.3) is 0 Å². The number of ether oxygens (including phenoxy) is 1. The van der Waals surface area contributed by atoms with Crippen molar-refractivity contribution in [1.82, 2.24) is 5.32 Å². The van der Waals surface area contributed by atoms with Crippen molar-refractivity contribution >= 4 is 5.91 Å². The number of hydrogen-bond donors (Lipinski definition) is 1. The zero-order chi connectivity index (χ0) is 14.2. The summed E-state index contributed by atoms with van der Waals surface area (Å²) in [5.74, 6) is 0.900. The molecule has 0 spiro atoms. The second-order valence-electron chi connectivity index (χ2n) is 4.61. The number of amides is 1. The summed E-state index contributed by atoms with van der Waals surface area (Å²) in [4.78, 5) is 11.8. The minimum absolute atomic E-state index is 0.0547. The van der Waals surface area contributed by atoms with Crippen molar-refractivity contribution < 1.29 is 9.53 Å². The summed E-state index contributed by atoms with van der Waals surface area (Å²) >= 11 is 0. The molecule has 0 unspecified atom stereocenters. The standard InChI is InChI=1S/C17H19NO2/c1-20-16-9-5-8-15(12-16)10-11-18-17(19)13-14-6-3-2-4-7-14/h2-9,12H,10-11,13H2,1H3,(H,18,19). The molecule has 2 rings (SSSR count). The Kier molecular flexibility index (Phi) is 5.18. The Balaban J connectivity index is 1.76. The highest BCUT2D eigenvalue weighted by Gasteiger charge is 2.02. The van der Waals surface area contributed by atoms with Gasteiger partial charge in [-0.1, -0.05) is 42.5 Å². The summed E-state index contributed by atoms with van der Waals surface area (Å²) < 4.78 is 5.17. The maximum absolute atomic E-state index is 11.8. The van der Waals surface area contributed by atoms with Gasteiger partial charge in [-0.05, 0) is 29.7 Å². The van der Waals surface area contributed by atoms with Crippen LogP contribution >= 0.6 is 0 Å². The fourth-order valence-corrected chi connectivity index (χ4v) is 2.02. The molecule has 2 aromatic carbocycles. The molecule has 0 heterocycles. The normalized spacial score (nSPS) is 10.1. The van der Waals surface area contributed by atoms with E-state index in [-0.39, 0.29) is 5.91 Å². The van der Waals surface area contributed by atoms with Gasteiger partial charge in [-0.25, -0.2) is 0 Å². The molecule has 0 saturated heterocycles. The Bertz CT molecular complexity index is 552. The SMILES string of the molecule is COc1cccc(CCNC(=O)Cc2ccccc2)c1. The molecule has 0 aromatic heterocycles. The van der Waals surface area contributed by atoms with Crippen LogP contribution in [0.4, 0.5) is 0 Å². The van der Waals surface area contributed by atoms with E-state index in [2.05, 4.69) is 5.32 Å². The highest BCUT2D eigenvalue weighted by molar-refractivity contribution is 5.78. The van der Waals surface area contributed by atoms with Crippen LogP contribution in [0, 0.1) is 0 Å². The van der Waals surface area contributed by atoms with Crippen molar-refractivity contribution in [3.8, 4) is 5.75 Å². The van der Waals surface area contributed by atoms with Crippen molar-refractivity contribution in [3.63, 3.8) is 0 Å². The summed E-state index contributed by atoms with van der Waals surface area (Å²) in [5.41, 5.74) is 2.19. The predicted octanol–water partition coefficient (Wildman–Crippen LogP) is 2.60. The van der Waals surface area contributed by atoms with E-state index in [1.165, 1.54) is 0 Å². The molecular formula is C17H19NO2. The predicted molar refractivity (Wildman–Crippen MR) is 79.9 cm³/mol. The molecule has 104 valence electrons. The van der Waals surface area contributed by atoms with Crippen LogP contribution in [0.15, 0.2) is 54.6 Å². The first kappa shape index (κ1) is 14.1. The van der Waals surface area contributed by atoms with Gasteiger partial charge in [0.1, 0.15) is 5.75 Å².